The standard InChI is InChI=1S/C20H19ClFN3O/c1-2-24-13-17(10-20(24)26)25(12-15-5-3-4-6-19(15)22)16-8-7-14(11-23)18(21)9-16/h3-9,17H,2,10,12-13H2,1H3/t17-/m0/s1. The fourth-order valence-electron chi connectivity index (χ4n) is 3.28. The van der Waals surface area contributed by atoms with Crippen LogP contribution in [0.5, 0.6) is 0 Å². The largest absolute Gasteiger partial charge is 0.362 e. The lowest BCUT2D eigenvalue weighted by molar-refractivity contribution is -0.127. The summed E-state index contributed by atoms with van der Waals surface area (Å²) >= 11 is 6.20. The highest BCUT2D eigenvalue weighted by atomic mass is 35.5. The number of carbonyl (C=O) groups excluding carboxylic acids is 1. The van der Waals surface area contributed by atoms with Crippen LogP contribution in [0.1, 0.15) is 24.5 Å². The number of carbonyl (C=O) groups is 1. The van der Waals surface area contributed by atoms with Gasteiger partial charge in [-0.15, -0.1) is 0 Å². The second-order valence-corrected chi connectivity index (χ2v) is 6.69. The van der Waals surface area contributed by atoms with Crippen LogP contribution in [0, 0.1) is 17.1 Å². The maximum atomic E-state index is 14.2. The lowest BCUT2D eigenvalue weighted by atomic mass is 10.1. The van der Waals surface area contributed by atoms with E-state index in [1.54, 1.807) is 41.3 Å². The molecule has 0 radical (unpaired) electrons. The Kier molecular flexibility index (Phi) is 5.43. The van der Waals surface area contributed by atoms with Crippen molar-refractivity contribution in [2.45, 2.75) is 25.9 Å². The maximum Gasteiger partial charge on any atom is 0.224 e. The Morgan fingerprint density at radius 2 is 2.12 bits per heavy atom. The quantitative estimate of drug-likeness (QED) is 0.798. The molecular formula is C20H19ClFN3O. The van der Waals surface area contributed by atoms with Crippen molar-refractivity contribution >= 4 is 23.2 Å². The maximum absolute atomic E-state index is 14.2. The van der Waals surface area contributed by atoms with Crippen LogP contribution >= 0.6 is 11.6 Å². The van der Waals surface area contributed by atoms with Crippen LogP contribution in [-0.2, 0) is 11.3 Å². The summed E-state index contributed by atoms with van der Waals surface area (Å²) < 4.78 is 14.2. The van der Waals surface area contributed by atoms with Crippen molar-refractivity contribution in [1.29, 1.82) is 5.26 Å². The fourth-order valence-corrected chi connectivity index (χ4v) is 3.50. The van der Waals surface area contributed by atoms with Gasteiger partial charge in [-0.2, -0.15) is 5.26 Å². The summed E-state index contributed by atoms with van der Waals surface area (Å²) in [5, 5.41) is 9.43. The lowest BCUT2D eigenvalue weighted by Crippen LogP contribution is -2.37. The minimum absolute atomic E-state index is 0.0777. The summed E-state index contributed by atoms with van der Waals surface area (Å²) in [6.45, 7) is 3.50. The third-order valence-electron chi connectivity index (χ3n) is 4.72. The molecule has 1 aliphatic heterocycles. The molecule has 1 aliphatic rings. The van der Waals surface area contributed by atoms with E-state index >= 15 is 0 Å². The molecule has 0 N–H and O–H groups in total. The molecule has 1 saturated heterocycles. The van der Waals surface area contributed by atoms with Gasteiger partial charge in [0, 0.05) is 37.3 Å². The summed E-state index contributed by atoms with van der Waals surface area (Å²) in [6.07, 6.45) is 0.375. The Morgan fingerprint density at radius 3 is 2.73 bits per heavy atom. The summed E-state index contributed by atoms with van der Waals surface area (Å²) in [7, 11) is 0. The highest BCUT2D eigenvalue weighted by molar-refractivity contribution is 6.32. The van der Waals surface area contributed by atoms with Gasteiger partial charge in [0.05, 0.1) is 16.6 Å². The highest BCUT2D eigenvalue weighted by Crippen LogP contribution is 2.30. The SMILES string of the molecule is CCN1C[C@@H](N(Cc2ccccc2F)c2ccc(C#N)c(Cl)c2)CC1=O. The number of rotatable bonds is 5. The number of likely N-dealkylation sites (N-methyl/N-ethyl adjacent to an activating group) is 1. The fraction of sp³-hybridized carbons (Fsp3) is 0.300. The van der Waals surface area contributed by atoms with E-state index in [2.05, 4.69) is 0 Å². The molecule has 2 aromatic carbocycles. The third kappa shape index (κ3) is 3.66. The molecule has 1 fully saturated rings. The van der Waals surface area contributed by atoms with Gasteiger partial charge in [-0.25, -0.2) is 4.39 Å². The van der Waals surface area contributed by atoms with Crippen LogP contribution in [0.3, 0.4) is 0 Å². The van der Waals surface area contributed by atoms with Gasteiger partial charge in [-0.1, -0.05) is 29.8 Å². The zero-order valence-corrected chi connectivity index (χ0v) is 15.2. The van der Waals surface area contributed by atoms with Gasteiger partial charge in [0.1, 0.15) is 11.9 Å². The average molecular weight is 372 g/mol. The predicted octanol–water partition coefficient (Wildman–Crippen LogP) is 3.98. The molecule has 0 aliphatic carbocycles. The monoisotopic (exact) mass is 371 g/mol. The molecule has 0 aromatic heterocycles. The molecule has 26 heavy (non-hydrogen) atoms. The molecule has 1 amide bonds. The second kappa shape index (κ2) is 7.76. The first-order valence-corrected chi connectivity index (χ1v) is 8.88. The van der Waals surface area contributed by atoms with Gasteiger partial charge < -0.3 is 9.80 Å². The van der Waals surface area contributed by atoms with Crippen LogP contribution in [0.15, 0.2) is 42.5 Å². The first-order valence-electron chi connectivity index (χ1n) is 8.51. The van der Waals surface area contributed by atoms with Crippen LogP contribution in [0.2, 0.25) is 5.02 Å². The zero-order chi connectivity index (χ0) is 18.7. The van der Waals surface area contributed by atoms with Crippen LogP contribution < -0.4 is 4.90 Å². The number of benzene rings is 2. The van der Waals surface area contributed by atoms with Gasteiger partial charge in [-0.3, -0.25) is 4.79 Å². The molecule has 6 heteroatoms. The van der Waals surface area contributed by atoms with E-state index in [9.17, 15) is 9.18 Å². The van der Waals surface area contributed by atoms with Gasteiger partial charge >= 0.3 is 0 Å². The number of hydrogen-bond acceptors (Lipinski definition) is 3. The summed E-state index contributed by atoms with van der Waals surface area (Å²) in [4.78, 5) is 16.0. The Morgan fingerprint density at radius 1 is 1.35 bits per heavy atom. The number of hydrogen-bond donors (Lipinski definition) is 0. The predicted molar refractivity (Wildman–Crippen MR) is 99.4 cm³/mol. The van der Waals surface area contributed by atoms with E-state index < -0.39 is 0 Å². The van der Waals surface area contributed by atoms with E-state index in [0.29, 0.717) is 42.2 Å². The normalized spacial score (nSPS) is 16.6. The van der Waals surface area contributed by atoms with Gasteiger partial charge in [-0.05, 0) is 31.2 Å². The van der Waals surface area contributed by atoms with Gasteiger partial charge in [0.2, 0.25) is 5.91 Å². The van der Waals surface area contributed by atoms with Gasteiger partial charge in [0.15, 0.2) is 0 Å². The molecule has 1 atom stereocenters. The zero-order valence-electron chi connectivity index (χ0n) is 14.5. The van der Waals surface area contributed by atoms with E-state index in [1.165, 1.54) is 6.07 Å². The van der Waals surface area contributed by atoms with Crippen LogP contribution in [0.4, 0.5) is 10.1 Å². The molecule has 1 heterocycles. The number of amides is 1. The van der Waals surface area contributed by atoms with Crippen molar-refractivity contribution in [2.24, 2.45) is 0 Å². The van der Waals surface area contributed by atoms with Crippen molar-refractivity contribution in [3.05, 3.63) is 64.4 Å². The average Bonchev–Trinajstić information content (AvgIpc) is 3.01. The Hall–Kier alpha value is -2.58. The van der Waals surface area contributed by atoms with E-state index in [-0.39, 0.29) is 17.8 Å². The minimum atomic E-state index is -0.283. The summed E-state index contributed by atoms with van der Waals surface area (Å²) in [6, 6.07) is 13.7. The number of halogens is 2. The Labute approximate surface area is 157 Å². The minimum Gasteiger partial charge on any atom is -0.362 e. The van der Waals surface area contributed by atoms with Crippen LogP contribution in [0.25, 0.3) is 0 Å². The molecule has 2 aromatic rings. The summed E-state index contributed by atoms with van der Waals surface area (Å²) in [5.74, 6) is -0.190. The Balaban J connectivity index is 1.97. The van der Waals surface area contributed by atoms with Crippen molar-refractivity contribution in [2.75, 3.05) is 18.0 Å². The van der Waals surface area contributed by atoms with Gasteiger partial charge in [0.25, 0.3) is 0 Å². The smallest absolute Gasteiger partial charge is 0.224 e. The van der Waals surface area contributed by atoms with Crippen molar-refractivity contribution < 1.29 is 9.18 Å². The number of nitriles is 1. The van der Waals surface area contributed by atoms with E-state index in [1.807, 2.05) is 17.9 Å². The van der Waals surface area contributed by atoms with Crippen molar-refractivity contribution in [1.82, 2.24) is 4.90 Å². The Bertz CT molecular complexity index is 864. The molecule has 0 saturated carbocycles. The molecule has 0 unspecified atom stereocenters. The molecule has 4 nitrogen and oxygen atoms in total. The molecular weight excluding hydrogens is 353 g/mol. The number of likely N-dealkylation sites (tertiary alicyclic amines) is 1. The third-order valence-corrected chi connectivity index (χ3v) is 5.03. The molecule has 0 bridgehead atoms. The number of nitrogens with zero attached hydrogens (tertiary/aromatic N) is 3. The van der Waals surface area contributed by atoms with Crippen LogP contribution in [-0.4, -0.2) is 29.9 Å². The lowest BCUT2D eigenvalue weighted by Gasteiger charge is -2.31. The van der Waals surface area contributed by atoms with Crippen molar-refractivity contribution in [3.8, 4) is 6.07 Å². The first-order chi connectivity index (χ1) is 12.5. The molecule has 0 spiro atoms. The summed E-state index contributed by atoms with van der Waals surface area (Å²) in [5.41, 5.74) is 1.71. The molecule has 134 valence electrons. The van der Waals surface area contributed by atoms with E-state index in [4.69, 9.17) is 16.9 Å². The first kappa shape index (κ1) is 18.2. The molecule has 3 rings (SSSR count). The highest BCUT2D eigenvalue weighted by Gasteiger charge is 2.33. The topological polar surface area (TPSA) is 47.3 Å². The van der Waals surface area contributed by atoms with Crippen molar-refractivity contribution in [3.63, 3.8) is 0 Å². The number of anilines is 1. The second-order valence-electron chi connectivity index (χ2n) is 6.29. The van der Waals surface area contributed by atoms with E-state index in [0.717, 1.165) is 5.69 Å².